The number of nitrogens with zero attached hydrogens (tertiary/aromatic N) is 1. The molecule has 1 aromatic carbocycles. The van der Waals surface area contributed by atoms with Gasteiger partial charge in [-0.1, -0.05) is 13.8 Å². The van der Waals surface area contributed by atoms with E-state index < -0.39 is 11.9 Å². The van der Waals surface area contributed by atoms with Gasteiger partial charge in [0, 0.05) is 31.1 Å². The molecular weight excluding hydrogens is 373 g/mol. The predicted molar refractivity (Wildman–Crippen MR) is 108 cm³/mol. The number of piperidine rings is 1. The first kappa shape index (κ1) is 21.3. The molecule has 1 atom stereocenters. The Bertz CT molecular complexity index is 738. The number of rotatable bonds is 7. The Hall–Kier alpha value is -2.44. The molecule has 2 N–H and O–H groups in total. The highest BCUT2D eigenvalue weighted by Crippen LogP contribution is 2.24. The molecule has 0 spiro atoms. The van der Waals surface area contributed by atoms with Crippen LogP contribution in [0, 0.1) is 17.7 Å². The molecule has 1 saturated heterocycles. The molecule has 2 aliphatic rings. The van der Waals surface area contributed by atoms with Gasteiger partial charge in [0.05, 0.1) is 0 Å². The molecule has 3 amide bonds. The summed E-state index contributed by atoms with van der Waals surface area (Å²) in [6.07, 6.45) is 3.78. The van der Waals surface area contributed by atoms with Gasteiger partial charge in [0.2, 0.25) is 11.8 Å². The first-order valence-corrected chi connectivity index (χ1v) is 10.5. The largest absolute Gasteiger partial charge is 0.352 e. The SMILES string of the molecule is CC(C)CC(=O)N1CCC(C(NC(=O)c2ccc(F)cc2)C(=O)NC2CC2)CC1. The van der Waals surface area contributed by atoms with Crippen LogP contribution in [0.2, 0.25) is 0 Å². The lowest BCUT2D eigenvalue weighted by atomic mass is 9.88. The molecule has 3 rings (SSSR count). The Morgan fingerprint density at radius 3 is 2.24 bits per heavy atom. The summed E-state index contributed by atoms with van der Waals surface area (Å²) < 4.78 is 13.1. The second-order valence-electron chi connectivity index (χ2n) is 8.56. The van der Waals surface area contributed by atoms with Gasteiger partial charge in [-0.25, -0.2) is 4.39 Å². The van der Waals surface area contributed by atoms with Crippen molar-refractivity contribution in [1.82, 2.24) is 15.5 Å². The van der Waals surface area contributed by atoms with Crippen LogP contribution in [-0.2, 0) is 9.59 Å². The fraction of sp³-hybridized carbons (Fsp3) is 0.591. The molecule has 1 heterocycles. The summed E-state index contributed by atoms with van der Waals surface area (Å²) in [6.45, 7) is 5.23. The fourth-order valence-corrected chi connectivity index (χ4v) is 3.70. The minimum atomic E-state index is -0.657. The van der Waals surface area contributed by atoms with E-state index in [2.05, 4.69) is 10.6 Å². The number of nitrogens with one attached hydrogen (secondary N) is 2. The van der Waals surface area contributed by atoms with Gasteiger partial charge < -0.3 is 15.5 Å². The summed E-state index contributed by atoms with van der Waals surface area (Å²) >= 11 is 0. The number of carbonyl (C=O) groups is 3. The highest BCUT2D eigenvalue weighted by atomic mass is 19.1. The van der Waals surface area contributed by atoms with E-state index in [1.54, 1.807) is 0 Å². The van der Waals surface area contributed by atoms with Crippen LogP contribution in [0.4, 0.5) is 4.39 Å². The second-order valence-corrected chi connectivity index (χ2v) is 8.56. The van der Waals surface area contributed by atoms with E-state index >= 15 is 0 Å². The van der Waals surface area contributed by atoms with Gasteiger partial charge in [-0.3, -0.25) is 14.4 Å². The fourth-order valence-electron chi connectivity index (χ4n) is 3.70. The minimum Gasteiger partial charge on any atom is -0.352 e. The quantitative estimate of drug-likeness (QED) is 0.734. The van der Waals surface area contributed by atoms with E-state index in [9.17, 15) is 18.8 Å². The van der Waals surface area contributed by atoms with Crippen molar-refractivity contribution in [2.75, 3.05) is 13.1 Å². The highest BCUT2D eigenvalue weighted by molar-refractivity contribution is 5.97. The van der Waals surface area contributed by atoms with Crippen molar-refractivity contribution in [3.8, 4) is 0 Å². The molecule has 1 aliphatic carbocycles. The Labute approximate surface area is 171 Å². The van der Waals surface area contributed by atoms with E-state index in [-0.39, 0.29) is 29.7 Å². The average Bonchev–Trinajstić information content (AvgIpc) is 3.50. The molecule has 29 heavy (non-hydrogen) atoms. The molecular formula is C22H30FN3O3. The summed E-state index contributed by atoms with van der Waals surface area (Å²) in [5.41, 5.74) is 0.320. The predicted octanol–water partition coefficient (Wildman–Crippen LogP) is 2.49. The monoisotopic (exact) mass is 403 g/mol. The third-order valence-electron chi connectivity index (χ3n) is 5.55. The zero-order chi connectivity index (χ0) is 21.0. The molecule has 1 aliphatic heterocycles. The lowest BCUT2D eigenvalue weighted by molar-refractivity contribution is -0.133. The normalized spacial score (nSPS) is 18.4. The summed E-state index contributed by atoms with van der Waals surface area (Å²) in [6, 6.07) is 4.82. The smallest absolute Gasteiger partial charge is 0.251 e. The van der Waals surface area contributed by atoms with Crippen LogP contribution in [0.15, 0.2) is 24.3 Å². The van der Waals surface area contributed by atoms with Gasteiger partial charge in [-0.15, -0.1) is 0 Å². The van der Waals surface area contributed by atoms with Crippen LogP contribution >= 0.6 is 0 Å². The first-order chi connectivity index (χ1) is 13.8. The number of hydrogen-bond acceptors (Lipinski definition) is 3. The Kier molecular flexibility index (Phi) is 6.87. The van der Waals surface area contributed by atoms with Gasteiger partial charge in [-0.2, -0.15) is 0 Å². The molecule has 1 unspecified atom stereocenters. The summed E-state index contributed by atoms with van der Waals surface area (Å²) in [4.78, 5) is 39.6. The van der Waals surface area contributed by atoms with E-state index in [0.717, 1.165) is 12.8 Å². The van der Waals surface area contributed by atoms with Crippen LogP contribution in [0.1, 0.15) is 56.3 Å². The van der Waals surface area contributed by atoms with Crippen molar-refractivity contribution < 1.29 is 18.8 Å². The third-order valence-corrected chi connectivity index (χ3v) is 5.55. The molecule has 0 radical (unpaired) electrons. The number of amides is 3. The van der Waals surface area contributed by atoms with Crippen molar-refractivity contribution >= 4 is 17.7 Å². The maximum absolute atomic E-state index is 13.1. The summed E-state index contributed by atoms with van der Waals surface area (Å²) in [5.74, 6) is -0.557. The van der Waals surface area contributed by atoms with Gasteiger partial charge in [0.15, 0.2) is 0 Å². The molecule has 7 heteroatoms. The van der Waals surface area contributed by atoms with Gasteiger partial charge in [-0.05, 0) is 61.8 Å². The zero-order valence-electron chi connectivity index (χ0n) is 17.1. The Morgan fingerprint density at radius 1 is 1.07 bits per heavy atom. The minimum absolute atomic E-state index is 0.0405. The Morgan fingerprint density at radius 2 is 1.69 bits per heavy atom. The van der Waals surface area contributed by atoms with Gasteiger partial charge >= 0.3 is 0 Å². The van der Waals surface area contributed by atoms with Crippen molar-refractivity contribution in [3.63, 3.8) is 0 Å². The molecule has 158 valence electrons. The van der Waals surface area contributed by atoms with Crippen LogP contribution < -0.4 is 10.6 Å². The number of hydrogen-bond donors (Lipinski definition) is 2. The molecule has 0 bridgehead atoms. The number of likely N-dealkylation sites (tertiary alicyclic amines) is 1. The Balaban J connectivity index is 1.64. The van der Waals surface area contributed by atoms with Crippen molar-refractivity contribution in [3.05, 3.63) is 35.6 Å². The third kappa shape index (κ3) is 6.02. The number of benzene rings is 1. The van der Waals surface area contributed by atoms with Gasteiger partial charge in [0.1, 0.15) is 11.9 Å². The van der Waals surface area contributed by atoms with Crippen molar-refractivity contribution in [2.45, 2.75) is 58.0 Å². The molecule has 0 aromatic heterocycles. The highest BCUT2D eigenvalue weighted by Gasteiger charge is 2.36. The topological polar surface area (TPSA) is 78.5 Å². The maximum atomic E-state index is 13.1. The lowest BCUT2D eigenvalue weighted by Crippen LogP contribution is -2.54. The molecule has 1 saturated carbocycles. The second kappa shape index (κ2) is 9.37. The molecule has 6 nitrogen and oxygen atoms in total. The zero-order valence-corrected chi connectivity index (χ0v) is 17.1. The summed E-state index contributed by atoms with van der Waals surface area (Å²) in [5, 5.41) is 5.84. The van der Waals surface area contributed by atoms with Crippen LogP contribution in [0.5, 0.6) is 0 Å². The van der Waals surface area contributed by atoms with Gasteiger partial charge in [0.25, 0.3) is 5.91 Å². The molecule has 1 aromatic rings. The van der Waals surface area contributed by atoms with Crippen LogP contribution in [-0.4, -0.2) is 47.8 Å². The molecule has 2 fully saturated rings. The van der Waals surface area contributed by atoms with Crippen molar-refractivity contribution in [2.24, 2.45) is 11.8 Å². The summed E-state index contributed by atoms with van der Waals surface area (Å²) in [7, 11) is 0. The first-order valence-electron chi connectivity index (χ1n) is 10.5. The number of halogens is 1. The van der Waals surface area contributed by atoms with E-state index in [1.165, 1.54) is 24.3 Å². The number of carbonyl (C=O) groups excluding carboxylic acids is 3. The van der Waals surface area contributed by atoms with E-state index in [0.29, 0.717) is 43.8 Å². The standard InChI is InChI=1S/C22H30FN3O3/c1-14(2)13-19(27)26-11-9-15(10-12-26)20(22(29)24-18-7-8-18)25-21(28)16-3-5-17(23)6-4-16/h3-6,14-15,18,20H,7-13H2,1-2H3,(H,24,29)(H,25,28). The lowest BCUT2D eigenvalue weighted by Gasteiger charge is -2.36. The van der Waals surface area contributed by atoms with Crippen LogP contribution in [0.25, 0.3) is 0 Å². The van der Waals surface area contributed by atoms with E-state index in [4.69, 9.17) is 0 Å². The maximum Gasteiger partial charge on any atom is 0.251 e. The van der Waals surface area contributed by atoms with Crippen LogP contribution in [0.3, 0.4) is 0 Å². The van der Waals surface area contributed by atoms with E-state index in [1.807, 2.05) is 18.7 Å². The van der Waals surface area contributed by atoms with Crippen molar-refractivity contribution in [1.29, 1.82) is 0 Å². The average molecular weight is 403 g/mol.